The molecule has 0 bridgehead atoms. The van der Waals surface area contributed by atoms with Crippen LogP contribution >= 0.6 is 0 Å². The van der Waals surface area contributed by atoms with Gasteiger partial charge in [0.05, 0.1) is 30.1 Å². The Balaban J connectivity index is 2.84. The first-order valence-electron chi connectivity index (χ1n) is 6.37. The average molecular weight is 246 g/mol. The normalized spacial score (nSPS) is 12.2. The largest absolute Gasteiger partial charge is 0.367 e. The molecule has 0 aliphatic carbocycles. The Hall–Kier alpha value is -1.60. The molecule has 0 amide bonds. The summed E-state index contributed by atoms with van der Waals surface area (Å²) in [6.07, 6.45) is 2.42. The minimum absolute atomic E-state index is 0.255. The van der Waals surface area contributed by atoms with Gasteiger partial charge >= 0.3 is 0 Å². The molecule has 0 saturated carbocycles. The van der Waals surface area contributed by atoms with Crippen LogP contribution in [0.4, 0.5) is 5.69 Å². The molecule has 0 fully saturated rings. The molecule has 0 aromatic carbocycles. The Morgan fingerprint density at radius 2 is 2.11 bits per heavy atom. The zero-order valence-electron chi connectivity index (χ0n) is 11.6. The number of nitrogens with one attached hydrogen (secondary N) is 1. The predicted molar refractivity (Wildman–Crippen MR) is 74.4 cm³/mol. The molecule has 1 unspecified atom stereocenters. The smallest absolute Gasteiger partial charge is 0.0640 e. The van der Waals surface area contributed by atoms with Gasteiger partial charge in [-0.15, -0.1) is 0 Å². The summed E-state index contributed by atoms with van der Waals surface area (Å²) in [5.74, 6) is 0. The SMILES string of the molecule is CNC(C)c1ccc(N(CCC#N)C(C)C)cn1. The van der Waals surface area contributed by atoms with Crippen molar-refractivity contribution in [1.82, 2.24) is 10.3 Å². The highest BCUT2D eigenvalue weighted by atomic mass is 15.2. The third-order valence-electron chi connectivity index (χ3n) is 3.07. The lowest BCUT2D eigenvalue weighted by Gasteiger charge is -2.28. The standard InChI is InChI=1S/C14H22N4/c1-11(2)18(9-5-8-15)13-6-7-14(17-10-13)12(3)16-4/h6-7,10-12,16H,5,9H2,1-4H3. The van der Waals surface area contributed by atoms with Crippen LogP contribution in [0.3, 0.4) is 0 Å². The van der Waals surface area contributed by atoms with Crippen molar-refractivity contribution in [3.63, 3.8) is 0 Å². The van der Waals surface area contributed by atoms with Crippen LogP contribution in [-0.2, 0) is 0 Å². The maximum absolute atomic E-state index is 8.69. The van der Waals surface area contributed by atoms with E-state index in [4.69, 9.17) is 5.26 Å². The molecule has 0 spiro atoms. The third kappa shape index (κ3) is 3.71. The number of rotatable bonds is 6. The molecule has 98 valence electrons. The van der Waals surface area contributed by atoms with Crippen molar-refractivity contribution in [3.8, 4) is 6.07 Å². The summed E-state index contributed by atoms with van der Waals surface area (Å²) >= 11 is 0. The highest BCUT2D eigenvalue weighted by Gasteiger charge is 2.11. The number of nitriles is 1. The molecular weight excluding hydrogens is 224 g/mol. The van der Waals surface area contributed by atoms with Crippen molar-refractivity contribution >= 4 is 5.69 Å². The Morgan fingerprint density at radius 1 is 1.39 bits per heavy atom. The Bertz CT molecular complexity index is 391. The molecule has 18 heavy (non-hydrogen) atoms. The zero-order chi connectivity index (χ0) is 13.5. The van der Waals surface area contributed by atoms with Crippen molar-refractivity contribution in [2.75, 3.05) is 18.5 Å². The number of hydrogen-bond donors (Lipinski definition) is 1. The Labute approximate surface area is 110 Å². The first kappa shape index (κ1) is 14.5. The molecule has 4 heteroatoms. The van der Waals surface area contributed by atoms with Gasteiger partial charge in [0.25, 0.3) is 0 Å². The first-order valence-corrected chi connectivity index (χ1v) is 6.37. The lowest BCUT2D eigenvalue weighted by Crippen LogP contribution is -2.31. The van der Waals surface area contributed by atoms with Crippen LogP contribution in [0.5, 0.6) is 0 Å². The number of aromatic nitrogens is 1. The fourth-order valence-electron chi connectivity index (χ4n) is 1.83. The van der Waals surface area contributed by atoms with Crippen molar-refractivity contribution in [2.24, 2.45) is 0 Å². The highest BCUT2D eigenvalue weighted by Crippen LogP contribution is 2.18. The minimum atomic E-state index is 0.255. The Morgan fingerprint density at radius 3 is 2.56 bits per heavy atom. The van der Waals surface area contributed by atoms with Gasteiger partial charge in [0.15, 0.2) is 0 Å². The van der Waals surface area contributed by atoms with Gasteiger partial charge in [-0.05, 0) is 40.0 Å². The fourth-order valence-corrected chi connectivity index (χ4v) is 1.83. The molecule has 0 aliphatic rings. The molecule has 0 radical (unpaired) electrons. The van der Waals surface area contributed by atoms with Crippen molar-refractivity contribution in [2.45, 2.75) is 39.3 Å². The van der Waals surface area contributed by atoms with Crippen molar-refractivity contribution < 1.29 is 0 Å². The van der Waals surface area contributed by atoms with Crippen LogP contribution in [0.2, 0.25) is 0 Å². The van der Waals surface area contributed by atoms with E-state index < -0.39 is 0 Å². The van der Waals surface area contributed by atoms with Gasteiger partial charge in [-0.3, -0.25) is 4.98 Å². The molecule has 4 nitrogen and oxygen atoms in total. The minimum Gasteiger partial charge on any atom is -0.367 e. The van der Waals surface area contributed by atoms with E-state index in [1.807, 2.05) is 19.3 Å². The van der Waals surface area contributed by atoms with Crippen LogP contribution in [0, 0.1) is 11.3 Å². The summed E-state index contributed by atoms with van der Waals surface area (Å²) < 4.78 is 0. The second-order valence-electron chi connectivity index (χ2n) is 4.65. The topological polar surface area (TPSA) is 52.0 Å². The van der Waals surface area contributed by atoms with Crippen molar-refractivity contribution in [1.29, 1.82) is 5.26 Å². The van der Waals surface area contributed by atoms with E-state index in [0.717, 1.165) is 17.9 Å². The van der Waals surface area contributed by atoms with Gasteiger partial charge in [0.2, 0.25) is 0 Å². The summed E-state index contributed by atoms with van der Waals surface area (Å²) in [6.45, 7) is 7.08. The highest BCUT2D eigenvalue weighted by molar-refractivity contribution is 5.45. The van der Waals surface area contributed by atoms with Gasteiger partial charge in [-0.25, -0.2) is 0 Å². The maximum Gasteiger partial charge on any atom is 0.0640 e. The van der Waals surface area contributed by atoms with Crippen LogP contribution in [0.15, 0.2) is 18.3 Å². The monoisotopic (exact) mass is 246 g/mol. The quantitative estimate of drug-likeness (QED) is 0.838. The number of pyridine rings is 1. The molecule has 1 rings (SSSR count). The summed E-state index contributed by atoms with van der Waals surface area (Å²) in [4.78, 5) is 6.67. The first-order chi connectivity index (χ1) is 8.60. The Kier molecular flexibility index (Phi) is 5.60. The van der Waals surface area contributed by atoms with Gasteiger partial charge in [0.1, 0.15) is 0 Å². The van der Waals surface area contributed by atoms with E-state index in [0.29, 0.717) is 12.5 Å². The summed E-state index contributed by atoms with van der Waals surface area (Å²) in [5.41, 5.74) is 2.11. The van der Waals surface area contributed by atoms with E-state index in [1.54, 1.807) is 0 Å². The lowest BCUT2D eigenvalue weighted by molar-refractivity contribution is 0.631. The average Bonchev–Trinajstić information content (AvgIpc) is 2.38. The number of anilines is 1. The van der Waals surface area contributed by atoms with E-state index in [-0.39, 0.29) is 6.04 Å². The second kappa shape index (κ2) is 6.97. The van der Waals surface area contributed by atoms with E-state index >= 15 is 0 Å². The summed E-state index contributed by atoms with van der Waals surface area (Å²) in [6, 6.07) is 6.93. The van der Waals surface area contributed by atoms with Crippen LogP contribution in [-0.4, -0.2) is 24.6 Å². The molecule has 1 atom stereocenters. The summed E-state index contributed by atoms with van der Waals surface area (Å²) in [5, 5.41) is 11.9. The maximum atomic E-state index is 8.69. The predicted octanol–water partition coefficient (Wildman–Crippen LogP) is 2.49. The fraction of sp³-hybridized carbons (Fsp3) is 0.571. The molecule has 1 heterocycles. The van der Waals surface area contributed by atoms with Crippen LogP contribution < -0.4 is 10.2 Å². The molecule has 1 aromatic heterocycles. The van der Waals surface area contributed by atoms with Gasteiger partial charge in [0, 0.05) is 18.6 Å². The van der Waals surface area contributed by atoms with Gasteiger partial charge < -0.3 is 10.2 Å². The van der Waals surface area contributed by atoms with Crippen LogP contribution in [0.1, 0.15) is 38.9 Å². The number of nitrogens with zero attached hydrogens (tertiary/aromatic N) is 3. The molecule has 0 saturated heterocycles. The molecular formula is C14H22N4. The van der Waals surface area contributed by atoms with Gasteiger partial charge in [-0.2, -0.15) is 5.26 Å². The van der Waals surface area contributed by atoms with Gasteiger partial charge in [-0.1, -0.05) is 0 Å². The number of hydrogen-bond acceptors (Lipinski definition) is 4. The van der Waals surface area contributed by atoms with E-state index in [9.17, 15) is 0 Å². The summed E-state index contributed by atoms with van der Waals surface area (Å²) in [7, 11) is 1.92. The second-order valence-corrected chi connectivity index (χ2v) is 4.65. The van der Waals surface area contributed by atoms with E-state index in [2.05, 4.69) is 48.1 Å². The van der Waals surface area contributed by atoms with Crippen molar-refractivity contribution in [3.05, 3.63) is 24.0 Å². The lowest BCUT2D eigenvalue weighted by atomic mass is 10.2. The molecule has 1 aromatic rings. The van der Waals surface area contributed by atoms with E-state index in [1.165, 1.54) is 0 Å². The molecule has 0 aliphatic heterocycles. The van der Waals surface area contributed by atoms with Crippen LogP contribution in [0.25, 0.3) is 0 Å². The molecule has 1 N–H and O–H groups in total. The third-order valence-corrected chi connectivity index (χ3v) is 3.07. The zero-order valence-corrected chi connectivity index (χ0v) is 11.6.